The van der Waals surface area contributed by atoms with Gasteiger partial charge in [-0.2, -0.15) is 0 Å². The van der Waals surface area contributed by atoms with Gasteiger partial charge in [0.2, 0.25) is 5.91 Å². The summed E-state index contributed by atoms with van der Waals surface area (Å²) < 4.78 is 32.2. The number of carbonyl (C=O) groups is 1. The quantitative estimate of drug-likeness (QED) is 0.517. The van der Waals surface area contributed by atoms with E-state index in [1.165, 1.54) is 30.3 Å². The van der Waals surface area contributed by atoms with E-state index in [2.05, 4.69) is 5.32 Å². The van der Waals surface area contributed by atoms with Crippen LogP contribution >= 0.6 is 11.6 Å². The minimum atomic E-state index is -0.413. The minimum absolute atomic E-state index is 0.0203. The summed E-state index contributed by atoms with van der Waals surface area (Å²) in [5.41, 5.74) is 1.92. The van der Waals surface area contributed by atoms with Gasteiger partial charge in [0.15, 0.2) is 0 Å². The van der Waals surface area contributed by atoms with Crippen molar-refractivity contribution < 1.29 is 18.3 Å². The lowest BCUT2D eigenvalue weighted by Crippen LogP contribution is -2.20. The number of ether oxygens (including phenoxy) is 1. The molecule has 0 spiro atoms. The maximum absolute atomic E-state index is 13.8. The third kappa shape index (κ3) is 6.16. The van der Waals surface area contributed by atoms with Crippen LogP contribution < -0.4 is 10.1 Å². The molecule has 29 heavy (non-hydrogen) atoms. The fraction of sp³-hybridized carbons (Fsp3) is 0.0870. The topological polar surface area (TPSA) is 38.3 Å². The Bertz CT molecular complexity index is 982. The van der Waals surface area contributed by atoms with Gasteiger partial charge in [0, 0.05) is 18.2 Å². The molecule has 3 aromatic rings. The second-order valence-corrected chi connectivity index (χ2v) is 6.64. The van der Waals surface area contributed by atoms with Gasteiger partial charge in [0.1, 0.15) is 24.0 Å². The first kappa shape index (κ1) is 20.6. The van der Waals surface area contributed by atoms with Crippen molar-refractivity contribution in [2.24, 2.45) is 0 Å². The molecule has 0 saturated carbocycles. The monoisotopic (exact) mass is 413 g/mol. The van der Waals surface area contributed by atoms with Crippen LogP contribution in [0.1, 0.15) is 16.7 Å². The fourth-order valence-electron chi connectivity index (χ4n) is 2.52. The number of benzene rings is 3. The van der Waals surface area contributed by atoms with Crippen molar-refractivity contribution in [1.82, 2.24) is 5.32 Å². The van der Waals surface area contributed by atoms with Crippen LogP contribution in [0.2, 0.25) is 5.02 Å². The molecule has 3 nitrogen and oxygen atoms in total. The van der Waals surface area contributed by atoms with Gasteiger partial charge >= 0.3 is 0 Å². The maximum Gasteiger partial charge on any atom is 0.244 e. The van der Waals surface area contributed by atoms with Crippen molar-refractivity contribution in [3.63, 3.8) is 0 Å². The summed E-state index contributed by atoms with van der Waals surface area (Å²) in [5, 5.41) is 3.04. The van der Waals surface area contributed by atoms with Crippen LogP contribution in [0, 0.1) is 11.6 Å². The Hall–Kier alpha value is -3.18. The van der Waals surface area contributed by atoms with Crippen molar-refractivity contribution in [2.45, 2.75) is 13.2 Å². The van der Waals surface area contributed by atoms with Crippen LogP contribution in [0.3, 0.4) is 0 Å². The molecule has 0 bridgehead atoms. The Balaban J connectivity index is 1.50. The highest BCUT2D eigenvalue weighted by atomic mass is 35.5. The average molecular weight is 414 g/mol. The smallest absolute Gasteiger partial charge is 0.244 e. The van der Waals surface area contributed by atoms with Gasteiger partial charge in [0.25, 0.3) is 0 Å². The van der Waals surface area contributed by atoms with Crippen LogP contribution in [-0.4, -0.2) is 5.91 Å². The van der Waals surface area contributed by atoms with Gasteiger partial charge in [-0.1, -0.05) is 41.9 Å². The van der Waals surface area contributed by atoms with Crippen LogP contribution in [0.5, 0.6) is 5.75 Å². The molecule has 0 saturated heterocycles. The molecule has 0 aromatic heterocycles. The molecule has 3 rings (SSSR count). The molecular formula is C23H18ClF2NO2. The van der Waals surface area contributed by atoms with E-state index < -0.39 is 5.82 Å². The van der Waals surface area contributed by atoms with Gasteiger partial charge in [-0.15, -0.1) is 0 Å². The third-order valence-corrected chi connectivity index (χ3v) is 4.49. The first-order chi connectivity index (χ1) is 14.0. The molecule has 0 radical (unpaired) electrons. The fourth-order valence-corrected chi connectivity index (χ4v) is 2.74. The number of rotatable bonds is 7. The van der Waals surface area contributed by atoms with Crippen LogP contribution in [0.25, 0.3) is 6.08 Å². The highest BCUT2D eigenvalue weighted by Crippen LogP contribution is 2.22. The van der Waals surface area contributed by atoms with E-state index >= 15 is 0 Å². The zero-order chi connectivity index (χ0) is 20.6. The number of hydrogen-bond acceptors (Lipinski definition) is 2. The Kier molecular flexibility index (Phi) is 6.98. The lowest BCUT2D eigenvalue weighted by molar-refractivity contribution is -0.116. The van der Waals surface area contributed by atoms with E-state index in [-0.39, 0.29) is 18.3 Å². The summed E-state index contributed by atoms with van der Waals surface area (Å²) in [5.74, 6) is -0.431. The van der Waals surface area contributed by atoms with Gasteiger partial charge < -0.3 is 10.1 Å². The molecule has 0 aliphatic rings. The first-order valence-electron chi connectivity index (χ1n) is 8.87. The number of hydrogen-bond donors (Lipinski definition) is 1. The number of halogens is 3. The molecule has 1 N–H and O–H groups in total. The molecule has 6 heteroatoms. The van der Waals surface area contributed by atoms with Crippen LogP contribution in [-0.2, 0) is 17.9 Å². The number of carbonyl (C=O) groups excluding carboxylic acids is 1. The molecular weight excluding hydrogens is 396 g/mol. The third-order valence-electron chi connectivity index (χ3n) is 4.13. The van der Waals surface area contributed by atoms with Gasteiger partial charge in [0.05, 0.1) is 5.02 Å². The summed E-state index contributed by atoms with van der Waals surface area (Å²) in [6.45, 7) is 0.335. The van der Waals surface area contributed by atoms with E-state index in [4.69, 9.17) is 16.3 Å². The minimum Gasteiger partial charge on any atom is -0.489 e. The molecule has 3 aromatic carbocycles. The lowest BCUT2D eigenvalue weighted by atomic mass is 10.2. The molecule has 1 amide bonds. The van der Waals surface area contributed by atoms with E-state index in [1.54, 1.807) is 48.5 Å². The molecule has 0 aliphatic carbocycles. The first-order valence-corrected chi connectivity index (χ1v) is 9.25. The molecule has 0 aliphatic heterocycles. The normalized spacial score (nSPS) is 10.9. The van der Waals surface area contributed by atoms with E-state index in [0.29, 0.717) is 22.9 Å². The summed E-state index contributed by atoms with van der Waals surface area (Å²) in [6, 6.07) is 17.4. The highest BCUT2D eigenvalue weighted by molar-refractivity contribution is 6.31. The van der Waals surface area contributed by atoms with Gasteiger partial charge in [-0.25, -0.2) is 8.78 Å². The Morgan fingerprint density at radius 1 is 1.00 bits per heavy atom. The molecule has 0 unspecified atom stereocenters. The number of amides is 1. The summed E-state index contributed by atoms with van der Waals surface area (Å²) in [7, 11) is 0. The highest BCUT2D eigenvalue weighted by Gasteiger charge is 2.07. The Morgan fingerprint density at radius 3 is 2.41 bits per heavy atom. The summed E-state index contributed by atoms with van der Waals surface area (Å²) in [4.78, 5) is 11.9. The van der Waals surface area contributed by atoms with Crippen molar-refractivity contribution in [3.05, 3.63) is 106 Å². The van der Waals surface area contributed by atoms with E-state index in [1.807, 2.05) is 0 Å². The van der Waals surface area contributed by atoms with Crippen molar-refractivity contribution in [2.75, 3.05) is 0 Å². The zero-order valence-corrected chi connectivity index (χ0v) is 16.1. The van der Waals surface area contributed by atoms with Crippen molar-refractivity contribution in [1.29, 1.82) is 0 Å². The summed E-state index contributed by atoms with van der Waals surface area (Å²) >= 11 is 5.98. The predicted octanol–water partition coefficient (Wildman–Crippen LogP) is 5.53. The van der Waals surface area contributed by atoms with Crippen molar-refractivity contribution >= 4 is 23.6 Å². The molecule has 0 atom stereocenters. The molecule has 0 heterocycles. The van der Waals surface area contributed by atoms with Gasteiger partial charge in [-0.3, -0.25) is 4.79 Å². The summed E-state index contributed by atoms with van der Waals surface area (Å²) in [6.07, 6.45) is 3.08. The second-order valence-electron chi connectivity index (χ2n) is 6.24. The average Bonchev–Trinajstić information content (AvgIpc) is 2.72. The Labute approximate surface area is 172 Å². The van der Waals surface area contributed by atoms with Crippen molar-refractivity contribution in [3.8, 4) is 5.75 Å². The number of nitrogens with one attached hydrogen (secondary N) is 1. The van der Waals surface area contributed by atoms with Crippen LogP contribution in [0.4, 0.5) is 8.78 Å². The Morgan fingerprint density at radius 2 is 1.72 bits per heavy atom. The maximum atomic E-state index is 13.8. The molecule has 148 valence electrons. The molecule has 0 fully saturated rings. The standard InChI is InChI=1S/C23H18ClF2NO2/c24-21-2-1-3-22(26)20(21)15-29-19-11-6-16(7-12-19)8-13-23(28)27-14-17-4-9-18(25)10-5-17/h1-13H,14-15H2,(H,27,28). The van der Waals surface area contributed by atoms with Crippen LogP contribution in [0.15, 0.2) is 72.8 Å². The SMILES string of the molecule is O=C(C=Cc1ccc(OCc2c(F)cccc2Cl)cc1)NCc1ccc(F)cc1. The lowest BCUT2D eigenvalue weighted by Gasteiger charge is -2.09. The van der Waals surface area contributed by atoms with E-state index in [9.17, 15) is 13.6 Å². The zero-order valence-electron chi connectivity index (χ0n) is 15.4. The van der Waals surface area contributed by atoms with E-state index in [0.717, 1.165) is 11.1 Å². The van der Waals surface area contributed by atoms with Gasteiger partial charge in [-0.05, 0) is 53.6 Å². The predicted molar refractivity (Wildman–Crippen MR) is 109 cm³/mol. The second kappa shape index (κ2) is 9.85. The largest absolute Gasteiger partial charge is 0.489 e.